The highest BCUT2D eigenvalue weighted by Crippen LogP contribution is 2.35. The van der Waals surface area contributed by atoms with Crippen molar-refractivity contribution in [2.75, 3.05) is 18.2 Å². The Labute approximate surface area is 111 Å². The Hall–Kier alpha value is -1.75. The Morgan fingerprint density at radius 1 is 1.33 bits per heavy atom. The summed E-state index contributed by atoms with van der Waals surface area (Å²) >= 11 is 1.32. The average molecular weight is 263 g/mol. The van der Waals surface area contributed by atoms with Crippen LogP contribution in [0.15, 0.2) is 24.3 Å². The Morgan fingerprint density at radius 3 is 2.72 bits per heavy atom. The van der Waals surface area contributed by atoms with Crippen LogP contribution in [-0.2, 0) is 13.0 Å². The van der Waals surface area contributed by atoms with Crippen LogP contribution in [-0.4, -0.2) is 11.5 Å². The van der Waals surface area contributed by atoms with Crippen LogP contribution in [0.4, 0.5) is 10.8 Å². The maximum atomic E-state index is 5.71. The van der Waals surface area contributed by atoms with E-state index in [1.165, 1.54) is 22.7 Å². The lowest BCUT2D eigenvalue weighted by atomic mass is 10.1. The Kier molecular flexibility index (Phi) is 4.04. The van der Waals surface area contributed by atoms with E-state index in [-0.39, 0.29) is 0 Å². The lowest BCUT2D eigenvalue weighted by Gasteiger charge is -2.09. The Balaban J connectivity index is 2.11. The maximum Gasteiger partial charge on any atom is 0.197 e. The zero-order valence-corrected chi connectivity index (χ0v) is 11.4. The minimum absolute atomic E-state index is 0.439. The summed E-state index contributed by atoms with van der Waals surface area (Å²) < 4.78 is 9.30. The van der Waals surface area contributed by atoms with E-state index in [4.69, 9.17) is 10.5 Å². The number of anilines is 2. The largest absolute Gasteiger partial charge is 0.490 e. The van der Waals surface area contributed by atoms with Gasteiger partial charge in [0.05, 0.1) is 7.11 Å². The van der Waals surface area contributed by atoms with Crippen molar-refractivity contribution in [3.05, 3.63) is 35.4 Å². The van der Waals surface area contributed by atoms with Gasteiger partial charge in [-0.05, 0) is 29.1 Å². The fourth-order valence-electron chi connectivity index (χ4n) is 1.85. The molecule has 0 radical (unpaired) electrons. The van der Waals surface area contributed by atoms with E-state index in [1.54, 1.807) is 7.11 Å². The molecule has 18 heavy (non-hydrogen) atoms. The number of aromatic nitrogens is 1. The molecule has 0 saturated heterocycles. The summed E-state index contributed by atoms with van der Waals surface area (Å²) in [6.45, 7) is 2.91. The van der Waals surface area contributed by atoms with Gasteiger partial charge in [0, 0.05) is 6.54 Å². The van der Waals surface area contributed by atoms with E-state index in [1.807, 2.05) is 0 Å². The van der Waals surface area contributed by atoms with Gasteiger partial charge in [0.1, 0.15) is 0 Å². The molecule has 0 saturated carbocycles. The van der Waals surface area contributed by atoms with Crippen molar-refractivity contribution < 1.29 is 4.74 Å². The summed E-state index contributed by atoms with van der Waals surface area (Å²) in [5.74, 6) is 1.07. The highest BCUT2D eigenvalue weighted by molar-refractivity contribution is 7.11. The van der Waals surface area contributed by atoms with Gasteiger partial charge in [0.15, 0.2) is 16.6 Å². The van der Waals surface area contributed by atoms with Gasteiger partial charge < -0.3 is 15.8 Å². The number of aryl methyl sites for hydroxylation is 1. The molecule has 0 spiro atoms. The molecule has 3 N–H and O–H groups in total. The summed E-state index contributed by atoms with van der Waals surface area (Å²) in [6, 6.07) is 8.39. The first-order chi connectivity index (χ1) is 8.76. The van der Waals surface area contributed by atoms with Gasteiger partial charge in [-0.3, -0.25) is 0 Å². The third-order valence-electron chi connectivity index (χ3n) is 2.82. The predicted octanol–water partition coefficient (Wildman–Crippen LogP) is 2.91. The normalized spacial score (nSPS) is 10.3. The topological polar surface area (TPSA) is 60.2 Å². The standard InChI is InChI=1S/C13H17N3OS/c1-3-9-6-4-5-7-10(9)8-15-13-11(17-2)12(14)16-18-13/h4-7,15H,3,8H2,1-2H3,(H2,14,16). The number of rotatable bonds is 5. The van der Waals surface area contributed by atoms with E-state index in [0.29, 0.717) is 11.6 Å². The summed E-state index contributed by atoms with van der Waals surface area (Å²) in [4.78, 5) is 0. The first-order valence-electron chi connectivity index (χ1n) is 5.86. The Bertz CT molecular complexity index is 525. The van der Waals surface area contributed by atoms with Crippen LogP contribution >= 0.6 is 11.5 Å². The molecule has 2 rings (SSSR count). The van der Waals surface area contributed by atoms with Gasteiger partial charge in [0.2, 0.25) is 0 Å². The minimum atomic E-state index is 0.439. The quantitative estimate of drug-likeness (QED) is 0.870. The number of nitrogens with zero attached hydrogens (tertiary/aromatic N) is 1. The molecule has 0 bridgehead atoms. The maximum absolute atomic E-state index is 5.71. The molecular formula is C13H17N3OS. The number of nitrogens with one attached hydrogen (secondary N) is 1. The fourth-order valence-corrected chi connectivity index (χ4v) is 2.53. The van der Waals surface area contributed by atoms with Crippen LogP contribution in [0.3, 0.4) is 0 Å². The summed E-state index contributed by atoms with van der Waals surface area (Å²) in [7, 11) is 1.60. The molecule has 0 fully saturated rings. The summed E-state index contributed by atoms with van der Waals surface area (Å²) in [5.41, 5.74) is 8.35. The van der Waals surface area contributed by atoms with Crippen LogP contribution in [0, 0.1) is 0 Å². The molecule has 0 amide bonds. The number of hydrogen-bond acceptors (Lipinski definition) is 5. The predicted molar refractivity (Wildman–Crippen MR) is 76.2 cm³/mol. The van der Waals surface area contributed by atoms with E-state index in [2.05, 4.69) is 40.9 Å². The molecule has 0 aliphatic heterocycles. The first kappa shape index (κ1) is 12.7. The lowest BCUT2D eigenvalue weighted by molar-refractivity contribution is 0.419. The molecule has 5 heteroatoms. The van der Waals surface area contributed by atoms with Crippen molar-refractivity contribution in [1.29, 1.82) is 0 Å². The monoisotopic (exact) mass is 263 g/mol. The molecule has 2 aromatic rings. The number of nitrogen functional groups attached to an aromatic ring is 1. The van der Waals surface area contributed by atoms with E-state index >= 15 is 0 Å². The first-order valence-corrected chi connectivity index (χ1v) is 6.63. The van der Waals surface area contributed by atoms with Crippen LogP contribution in [0.1, 0.15) is 18.1 Å². The average Bonchev–Trinajstić information content (AvgIpc) is 2.77. The van der Waals surface area contributed by atoms with Crippen molar-refractivity contribution in [1.82, 2.24) is 4.37 Å². The van der Waals surface area contributed by atoms with Crippen LogP contribution in [0.2, 0.25) is 0 Å². The smallest absolute Gasteiger partial charge is 0.197 e. The second kappa shape index (κ2) is 5.73. The molecule has 1 aromatic carbocycles. The van der Waals surface area contributed by atoms with E-state index < -0.39 is 0 Å². The number of benzene rings is 1. The molecule has 1 heterocycles. The van der Waals surface area contributed by atoms with Gasteiger partial charge in [-0.15, -0.1) is 0 Å². The van der Waals surface area contributed by atoms with E-state index in [9.17, 15) is 0 Å². The number of nitrogens with two attached hydrogens (primary N) is 1. The molecule has 4 nitrogen and oxygen atoms in total. The molecule has 0 unspecified atom stereocenters. The highest BCUT2D eigenvalue weighted by Gasteiger charge is 2.11. The van der Waals surface area contributed by atoms with Gasteiger partial charge in [0.25, 0.3) is 0 Å². The molecule has 0 aliphatic carbocycles. The van der Waals surface area contributed by atoms with Crippen LogP contribution in [0.5, 0.6) is 5.75 Å². The van der Waals surface area contributed by atoms with Crippen molar-refractivity contribution >= 4 is 22.4 Å². The van der Waals surface area contributed by atoms with Crippen LogP contribution in [0.25, 0.3) is 0 Å². The number of methoxy groups -OCH3 is 1. The number of hydrogen-bond donors (Lipinski definition) is 2. The van der Waals surface area contributed by atoms with Crippen molar-refractivity contribution in [2.24, 2.45) is 0 Å². The SMILES string of the molecule is CCc1ccccc1CNc1snc(N)c1OC. The van der Waals surface area contributed by atoms with Gasteiger partial charge >= 0.3 is 0 Å². The molecule has 96 valence electrons. The minimum Gasteiger partial charge on any atom is -0.490 e. The zero-order chi connectivity index (χ0) is 13.0. The third-order valence-corrected chi connectivity index (χ3v) is 3.62. The second-order valence-electron chi connectivity index (χ2n) is 3.91. The van der Waals surface area contributed by atoms with Crippen molar-refractivity contribution in [3.63, 3.8) is 0 Å². The second-order valence-corrected chi connectivity index (χ2v) is 4.68. The third kappa shape index (κ3) is 2.56. The van der Waals surface area contributed by atoms with Gasteiger partial charge in [-0.1, -0.05) is 31.2 Å². The van der Waals surface area contributed by atoms with Crippen LogP contribution < -0.4 is 15.8 Å². The van der Waals surface area contributed by atoms with Crippen molar-refractivity contribution in [3.8, 4) is 5.75 Å². The molecular weight excluding hydrogens is 246 g/mol. The van der Waals surface area contributed by atoms with Gasteiger partial charge in [-0.2, -0.15) is 4.37 Å². The molecule has 0 aliphatic rings. The van der Waals surface area contributed by atoms with Gasteiger partial charge in [-0.25, -0.2) is 0 Å². The highest BCUT2D eigenvalue weighted by atomic mass is 32.1. The lowest BCUT2D eigenvalue weighted by Crippen LogP contribution is -2.02. The molecule has 1 aromatic heterocycles. The molecule has 0 atom stereocenters. The summed E-state index contributed by atoms with van der Waals surface area (Å²) in [5, 5.41) is 4.20. The van der Waals surface area contributed by atoms with Crippen molar-refractivity contribution in [2.45, 2.75) is 19.9 Å². The summed E-state index contributed by atoms with van der Waals surface area (Å²) in [6.07, 6.45) is 1.03. The Morgan fingerprint density at radius 2 is 2.06 bits per heavy atom. The zero-order valence-electron chi connectivity index (χ0n) is 10.6. The van der Waals surface area contributed by atoms with E-state index in [0.717, 1.165) is 18.0 Å². The number of ether oxygens (including phenoxy) is 1. The fraction of sp³-hybridized carbons (Fsp3) is 0.308.